The largest absolute Gasteiger partial charge is 0.485 e. The number of hydrogen-bond donors (Lipinski definition) is 1. The van der Waals surface area contributed by atoms with Crippen LogP contribution in [0.1, 0.15) is 63.9 Å². The first-order valence-corrected chi connectivity index (χ1v) is 14.0. The van der Waals surface area contributed by atoms with E-state index in [1.54, 1.807) is 0 Å². The molecule has 4 rings (SSSR count). The number of rotatable bonds is 9. The van der Waals surface area contributed by atoms with Gasteiger partial charge in [-0.3, -0.25) is 4.79 Å². The third-order valence-corrected chi connectivity index (χ3v) is 8.59. The third-order valence-electron chi connectivity index (χ3n) is 6.42. The summed E-state index contributed by atoms with van der Waals surface area (Å²) in [6.07, 6.45) is 5.06. The van der Waals surface area contributed by atoms with Gasteiger partial charge in [-0.2, -0.15) is 0 Å². The molecule has 36 heavy (non-hydrogen) atoms. The second kappa shape index (κ2) is 11.9. The lowest BCUT2D eigenvalue weighted by atomic mass is 10.1. The van der Waals surface area contributed by atoms with Crippen LogP contribution >= 0.6 is 23.1 Å². The number of thiophene rings is 1. The van der Waals surface area contributed by atoms with Crippen molar-refractivity contribution in [1.82, 2.24) is 14.8 Å². The quantitative estimate of drug-likeness (QED) is 0.227. The number of thioether (sulfide) groups is 1. The number of aromatic nitrogens is 3. The van der Waals surface area contributed by atoms with Gasteiger partial charge < -0.3 is 19.4 Å². The summed E-state index contributed by atoms with van der Waals surface area (Å²) in [6.45, 7) is 7.05. The van der Waals surface area contributed by atoms with Crippen LogP contribution in [0.25, 0.3) is 0 Å². The lowest BCUT2D eigenvalue weighted by molar-refractivity contribution is -0.113. The van der Waals surface area contributed by atoms with Crippen molar-refractivity contribution in [3.05, 3.63) is 51.2 Å². The van der Waals surface area contributed by atoms with E-state index in [9.17, 15) is 9.59 Å². The second-order valence-corrected chi connectivity index (χ2v) is 10.8. The van der Waals surface area contributed by atoms with E-state index in [2.05, 4.69) is 28.5 Å². The number of methoxy groups -OCH3 is 1. The average molecular weight is 529 g/mol. The number of carbonyl (C=O) groups excluding carboxylic acids is 2. The minimum Gasteiger partial charge on any atom is -0.485 e. The van der Waals surface area contributed by atoms with Gasteiger partial charge in [-0.05, 0) is 69.2 Å². The van der Waals surface area contributed by atoms with Crippen molar-refractivity contribution in [1.29, 1.82) is 0 Å². The monoisotopic (exact) mass is 528 g/mol. The molecule has 0 fully saturated rings. The molecule has 0 spiro atoms. The van der Waals surface area contributed by atoms with Gasteiger partial charge in [-0.25, -0.2) is 4.79 Å². The molecule has 8 nitrogen and oxygen atoms in total. The van der Waals surface area contributed by atoms with E-state index < -0.39 is 5.97 Å². The smallest absolute Gasteiger partial charge is 0.341 e. The number of nitrogens with zero attached hydrogens (tertiary/aromatic N) is 3. The van der Waals surface area contributed by atoms with Crippen LogP contribution in [0.5, 0.6) is 5.75 Å². The summed E-state index contributed by atoms with van der Waals surface area (Å²) in [5, 5.41) is 12.8. The zero-order valence-corrected chi connectivity index (χ0v) is 22.8. The molecule has 10 heteroatoms. The Morgan fingerprint density at radius 1 is 1.17 bits per heavy atom. The Kier molecular flexibility index (Phi) is 8.68. The van der Waals surface area contributed by atoms with Crippen molar-refractivity contribution < 1.29 is 19.1 Å². The first-order chi connectivity index (χ1) is 17.4. The highest BCUT2D eigenvalue weighted by Gasteiger charge is 2.26. The van der Waals surface area contributed by atoms with Crippen LogP contribution in [0.3, 0.4) is 0 Å². The predicted molar refractivity (Wildman–Crippen MR) is 142 cm³/mol. The Balaban J connectivity index is 1.41. The highest BCUT2D eigenvalue weighted by molar-refractivity contribution is 7.99. The number of esters is 1. The van der Waals surface area contributed by atoms with Crippen LogP contribution in [0.15, 0.2) is 23.4 Å². The van der Waals surface area contributed by atoms with Crippen molar-refractivity contribution in [3.8, 4) is 5.75 Å². The summed E-state index contributed by atoms with van der Waals surface area (Å²) in [4.78, 5) is 26.6. The van der Waals surface area contributed by atoms with Gasteiger partial charge in [0.1, 0.15) is 17.4 Å². The molecular weight excluding hydrogens is 496 g/mol. The molecule has 192 valence electrons. The van der Waals surface area contributed by atoms with E-state index >= 15 is 0 Å². The van der Waals surface area contributed by atoms with Crippen LogP contribution in [0.2, 0.25) is 0 Å². The van der Waals surface area contributed by atoms with Crippen LogP contribution in [-0.4, -0.2) is 39.5 Å². The van der Waals surface area contributed by atoms with E-state index in [0.717, 1.165) is 49.0 Å². The highest BCUT2D eigenvalue weighted by atomic mass is 32.2. The summed E-state index contributed by atoms with van der Waals surface area (Å²) in [5.74, 6) is 1.09. The van der Waals surface area contributed by atoms with Crippen molar-refractivity contribution in [2.24, 2.45) is 0 Å². The van der Waals surface area contributed by atoms with Crippen molar-refractivity contribution >= 4 is 40.0 Å². The molecule has 1 amide bonds. The van der Waals surface area contributed by atoms with Crippen LogP contribution < -0.4 is 10.1 Å². The van der Waals surface area contributed by atoms with Crippen LogP contribution in [0, 0.1) is 13.8 Å². The second-order valence-electron chi connectivity index (χ2n) is 8.73. The summed E-state index contributed by atoms with van der Waals surface area (Å²) in [6, 6.07) is 5.97. The molecule has 1 aromatic carbocycles. The molecule has 2 aromatic heterocycles. The maximum atomic E-state index is 12.9. The fourth-order valence-corrected chi connectivity index (χ4v) is 6.43. The standard InChI is InChI=1S/C26H32N4O4S2/c1-5-30-21(14-34-19-12-9-10-16(2)17(19)3)28-29-26(30)35-15-22(31)27-24-23(25(32)33-4)18-11-7-6-8-13-20(18)36-24/h9-10,12H,5-8,11,13-15H2,1-4H3,(H,27,31). The lowest BCUT2D eigenvalue weighted by Crippen LogP contribution is -2.17. The Morgan fingerprint density at radius 3 is 2.75 bits per heavy atom. The van der Waals surface area contributed by atoms with Gasteiger partial charge in [0, 0.05) is 11.4 Å². The average Bonchev–Trinajstić information content (AvgIpc) is 3.34. The fraction of sp³-hybridized carbons (Fsp3) is 0.462. The van der Waals surface area contributed by atoms with Crippen molar-refractivity contribution in [2.75, 3.05) is 18.2 Å². The lowest BCUT2D eigenvalue weighted by Gasteiger charge is -2.12. The van der Waals surface area contributed by atoms with Crippen molar-refractivity contribution in [2.45, 2.75) is 71.2 Å². The van der Waals surface area contributed by atoms with Gasteiger partial charge in [0.25, 0.3) is 0 Å². The minimum atomic E-state index is -0.392. The summed E-state index contributed by atoms with van der Waals surface area (Å²) in [5.41, 5.74) is 3.82. The molecule has 3 aromatic rings. The molecular formula is C26H32N4O4S2. The number of nitrogens with one attached hydrogen (secondary N) is 1. The zero-order chi connectivity index (χ0) is 25.7. The van der Waals surface area contributed by atoms with Gasteiger partial charge in [-0.1, -0.05) is 30.3 Å². The fourth-order valence-electron chi connectivity index (χ4n) is 4.31. The normalized spacial score (nSPS) is 13.1. The Morgan fingerprint density at radius 2 is 1.97 bits per heavy atom. The van der Waals surface area contributed by atoms with E-state index in [4.69, 9.17) is 9.47 Å². The number of fused-ring (bicyclic) bond motifs is 1. The summed E-state index contributed by atoms with van der Waals surface area (Å²) < 4.78 is 13.0. The summed E-state index contributed by atoms with van der Waals surface area (Å²) in [7, 11) is 1.38. The molecule has 0 unspecified atom stereocenters. The maximum Gasteiger partial charge on any atom is 0.341 e. The maximum absolute atomic E-state index is 12.9. The zero-order valence-electron chi connectivity index (χ0n) is 21.2. The van der Waals surface area contributed by atoms with E-state index in [1.165, 1.54) is 40.6 Å². The third kappa shape index (κ3) is 5.75. The molecule has 1 N–H and O–H groups in total. The number of ether oxygens (including phenoxy) is 2. The first kappa shape index (κ1) is 26.2. The van der Waals surface area contributed by atoms with Gasteiger partial charge in [0.2, 0.25) is 5.91 Å². The van der Waals surface area contributed by atoms with Gasteiger partial charge in [0.05, 0.1) is 18.4 Å². The molecule has 1 aliphatic rings. The highest BCUT2D eigenvalue weighted by Crippen LogP contribution is 2.38. The molecule has 1 aliphatic carbocycles. The van der Waals surface area contributed by atoms with Gasteiger partial charge in [0.15, 0.2) is 11.0 Å². The molecule has 0 atom stereocenters. The SMILES string of the molecule is CCn1c(COc2cccc(C)c2C)nnc1SCC(=O)Nc1sc2c(c1C(=O)OC)CCCCC2. The topological polar surface area (TPSA) is 95.3 Å². The van der Waals surface area contributed by atoms with Gasteiger partial charge in [-0.15, -0.1) is 21.5 Å². The number of carbonyl (C=O) groups is 2. The van der Waals surface area contributed by atoms with Crippen LogP contribution in [0.4, 0.5) is 5.00 Å². The first-order valence-electron chi connectivity index (χ1n) is 12.2. The Hall–Kier alpha value is -2.85. The Labute approximate surface area is 219 Å². The number of anilines is 1. The molecule has 0 saturated carbocycles. The Bertz CT molecular complexity index is 1250. The predicted octanol–water partition coefficient (Wildman–Crippen LogP) is 5.34. The van der Waals surface area contributed by atoms with Gasteiger partial charge >= 0.3 is 5.97 Å². The molecule has 2 heterocycles. The molecule has 0 bridgehead atoms. The number of benzene rings is 1. The molecule has 0 saturated heterocycles. The summed E-state index contributed by atoms with van der Waals surface area (Å²) >= 11 is 2.81. The van der Waals surface area contributed by atoms with E-state index in [-0.39, 0.29) is 11.7 Å². The number of hydrogen-bond acceptors (Lipinski definition) is 8. The van der Waals surface area contributed by atoms with E-state index in [0.29, 0.717) is 34.7 Å². The molecule has 0 radical (unpaired) electrons. The van der Waals surface area contributed by atoms with Crippen molar-refractivity contribution in [3.63, 3.8) is 0 Å². The number of aryl methyl sites for hydroxylation is 2. The van der Waals surface area contributed by atoms with Crippen LogP contribution in [-0.2, 0) is 35.5 Å². The number of amides is 1. The molecule has 0 aliphatic heterocycles. The van der Waals surface area contributed by atoms with E-state index in [1.807, 2.05) is 30.5 Å². The minimum absolute atomic E-state index is 0.152.